The molecule has 0 saturated heterocycles. The molecular formula is C8H20O7P2S. The van der Waals surface area contributed by atoms with Gasteiger partial charge >= 0.3 is 14.5 Å². The smallest absolute Gasteiger partial charge is 0.323 e. The van der Waals surface area contributed by atoms with Crippen LogP contribution in [0.3, 0.4) is 0 Å². The number of unbranched alkanes of at least 4 members (excludes halogenated alkanes) is 3. The second-order valence-electron chi connectivity index (χ2n) is 3.87. The summed E-state index contributed by atoms with van der Waals surface area (Å²) in [7, 11) is -4.84. The van der Waals surface area contributed by atoms with Crippen molar-refractivity contribution in [3.63, 3.8) is 0 Å². The maximum Gasteiger partial charge on any atom is 0.497 e. The molecule has 2 atom stereocenters. The third kappa shape index (κ3) is 11.7. The van der Waals surface area contributed by atoms with E-state index in [1.165, 1.54) is 0 Å². The number of rotatable bonds is 10. The molecule has 0 rings (SSSR count). The molecule has 18 heavy (non-hydrogen) atoms. The first kappa shape index (κ1) is 18.6. The molecule has 0 heterocycles. The Balaban J connectivity index is 3.92. The highest BCUT2D eigenvalue weighted by atomic mass is 32.5. The Bertz CT molecular complexity index is 319. The maximum atomic E-state index is 10.4. The van der Waals surface area contributed by atoms with Crippen LogP contribution in [0.15, 0.2) is 0 Å². The average Bonchev–Trinajstić information content (AvgIpc) is 2.20. The normalized spacial score (nSPS) is 17.4. The largest absolute Gasteiger partial charge is 0.497 e. The molecule has 7 nitrogen and oxygen atoms in total. The lowest BCUT2D eigenvalue weighted by atomic mass is 10.1. The third-order valence-electron chi connectivity index (χ3n) is 2.00. The number of phosphoric acid groups is 1. The van der Waals surface area contributed by atoms with Crippen LogP contribution in [0.5, 0.6) is 0 Å². The molecule has 0 saturated carbocycles. The average molecular weight is 322 g/mol. The number of hydrogen-bond donors (Lipinski definition) is 3. The second-order valence-corrected chi connectivity index (χ2v) is 7.69. The first-order valence-corrected chi connectivity index (χ1v) is 9.73. The lowest BCUT2D eigenvalue weighted by Gasteiger charge is -2.19. The second kappa shape index (κ2) is 8.74. The van der Waals surface area contributed by atoms with Crippen molar-refractivity contribution in [2.45, 2.75) is 52.1 Å². The van der Waals surface area contributed by atoms with E-state index in [1.807, 2.05) is 0 Å². The number of hydrogen-bond acceptors (Lipinski definition) is 5. The van der Waals surface area contributed by atoms with Gasteiger partial charge in [-0.3, -0.25) is 0 Å². The molecule has 0 bridgehead atoms. The first-order valence-electron chi connectivity index (χ1n) is 5.61. The van der Waals surface area contributed by atoms with Gasteiger partial charge in [0.05, 0.1) is 6.10 Å². The fourth-order valence-corrected chi connectivity index (χ4v) is 3.21. The van der Waals surface area contributed by atoms with Crippen LogP contribution in [-0.4, -0.2) is 20.8 Å². The Hall–Kier alpha value is 0.640. The fourth-order valence-electron chi connectivity index (χ4n) is 1.24. The summed E-state index contributed by atoms with van der Waals surface area (Å²) in [5, 5.41) is 0. The minimum Gasteiger partial charge on any atom is -0.323 e. The molecule has 110 valence electrons. The third-order valence-corrected chi connectivity index (χ3v) is 3.72. The zero-order valence-corrected chi connectivity index (χ0v) is 13.0. The van der Waals surface area contributed by atoms with Crippen LogP contribution in [0.25, 0.3) is 0 Å². The topological polar surface area (TPSA) is 105 Å². The summed E-state index contributed by atoms with van der Waals surface area (Å²) in [6, 6.07) is 0. The lowest BCUT2D eigenvalue weighted by molar-refractivity contribution is -0.138. The van der Waals surface area contributed by atoms with E-state index in [-0.39, 0.29) is 6.10 Å². The Morgan fingerprint density at radius 2 is 1.78 bits per heavy atom. The molecule has 0 fully saturated rings. The highest BCUT2D eigenvalue weighted by Gasteiger charge is 2.26. The van der Waals surface area contributed by atoms with E-state index >= 15 is 0 Å². The summed E-state index contributed by atoms with van der Waals surface area (Å²) in [6.45, 7) is 0.0146. The fraction of sp³-hybridized carbons (Fsp3) is 1.00. The van der Waals surface area contributed by atoms with Crippen molar-refractivity contribution in [3.05, 3.63) is 0 Å². The Morgan fingerprint density at radius 1 is 1.17 bits per heavy atom. The summed E-state index contributed by atoms with van der Waals surface area (Å²) in [4.78, 5) is 26.2. The summed E-state index contributed by atoms with van der Waals surface area (Å²) < 4.78 is 23.1. The highest BCUT2D eigenvalue weighted by Crippen LogP contribution is 2.51. The van der Waals surface area contributed by atoms with Crippen molar-refractivity contribution < 1.29 is 33.1 Å². The molecule has 0 aliphatic carbocycles. The van der Waals surface area contributed by atoms with Crippen molar-refractivity contribution in [3.8, 4) is 0 Å². The monoisotopic (exact) mass is 322 g/mol. The van der Waals surface area contributed by atoms with E-state index in [2.05, 4.69) is 28.1 Å². The van der Waals surface area contributed by atoms with Crippen LogP contribution in [0.4, 0.5) is 0 Å². The van der Waals surface area contributed by atoms with Gasteiger partial charge in [-0.1, -0.05) is 32.6 Å². The van der Waals surface area contributed by atoms with Gasteiger partial charge in [-0.05, 0) is 25.2 Å². The van der Waals surface area contributed by atoms with Gasteiger partial charge in [0.15, 0.2) is 0 Å². The Labute approximate surface area is 112 Å². The van der Waals surface area contributed by atoms with Gasteiger partial charge in [0.2, 0.25) is 0 Å². The van der Waals surface area contributed by atoms with Gasteiger partial charge in [-0.2, -0.15) is 0 Å². The minimum atomic E-state index is -4.84. The van der Waals surface area contributed by atoms with Gasteiger partial charge in [0.25, 0.3) is 0 Å². The van der Waals surface area contributed by atoms with Gasteiger partial charge in [-0.15, -0.1) is 9.35 Å². The van der Waals surface area contributed by atoms with Crippen molar-refractivity contribution in [1.29, 1.82) is 0 Å². The lowest BCUT2D eigenvalue weighted by Crippen LogP contribution is -2.07. The van der Waals surface area contributed by atoms with Crippen LogP contribution in [-0.2, 0) is 30.2 Å². The minimum absolute atomic E-state index is 0.363. The van der Waals surface area contributed by atoms with E-state index < -0.39 is 14.5 Å². The van der Waals surface area contributed by atoms with E-state index in [1.54, 1.807) is 6.92 Å². The van der Waals surface area contributed by atoms with E-state index in [4.69, 9.17) is 14.3 Å². The first-order chi connectivity index (χ1) is 8.16. The molecule has 0 radical (unpaired) electrons. The molecule has 2 unspecified atom stereocenters. The van der Waals surface area contributed by atoms with E-state index in [0.717, 1.165) is 25.7 Å². The summed E-state index contributed by atoms with van der Waals surface area (Å²) >= 11 is 4.54. The van der Waals surface area contributed by atoms with Crippen LogP contribution in [0, 0.1) is 0 Å². The molecule has 0 aliphatic heterocycles. The summed E-state index contributed by atoms with van der Waals surface area (Å²) in [5.74, 6) is 0. The SMILES string of the molecule is CCCCCCC(C)OP(O)(=S)OOP(=O)(O)O. The molecule has 0 aromatic heterocycles. The predicted octanol–water partition coefficient (Wildman–Crippen LogP) is 2.62. The quantitative estimate of drug-likeness (QED) is 0.244. The molecule has 0 amide bonds. The summed E-state index contributed by atoms with van der Waals surface area (Å²) in [6.07, 6.45) is 4.53. The highest BCUT2D eigenvalue weighted by molar-refractivity contribution is 8.07. The van der Waals surface area contributed by atoms with Gasteiger partial charge in [-0.25, -0.2) is 4.57 Å². The molecule has 0 spiro atoms. The maximum absolute atomic E-state index is 10.4. The van der Waals surface area contributed by atoms with Crippen molar-refractivity contribution in [2.75, 3.05) is 0 Å². The van der Waals surface area contributed by atoms with Crippen LogP contribution in [0.1, 0.15) is 46.0 Å². The van der Waals surface area contributed by atoms with Crippen LogP contribution < -0.4 is 0 Å². The van der Waals surface area contributed by atoms with Crippen molar-refractivity contribution >= 4 is 26.3 Å². The summed E-state index contributed by atoms with van der Waals surface area (Å²) in [5.41, 5.74) is 0. The molecule has 0 aromatic carbocycles. The molecular weight excluding hydrogens is 302 g/mol. The Morgan fingerprint density at radius 3 is 2.28 bits per heavy atom. The van der Waals surface area contributed by atoms with Crippen LogP contribution in [0.2, 0.25) is 0 Å². The standard InChI is InChI=1S/C8H20O7P2S/c1-3-4-5-6-7-8(2)13-17(12,18)15-14-16(9,10)11/h8H,3-7H2,1-2H3,(H,12,18)(H2,9,10,11). The van der Waals surface area contributed by atoms with Gasteiger partial charge in [0.1, 0.15) is 0 Å². The predicted molar refractivity (Wildman–Crippen MR) is 70.0 cm³/mol. The Kier molecular flexibility index (Phi) is 9.05. The zero-order valence-electron chi connectivity index (χ0n) is 10.4. The molecule has 3 N–H and O–H groups in total. The van der Waals surface area contributed by atoms with Gasteiger partial charge in [0, 0.05) is 0 Å². The molecule has 0 aromatic rings. The zero-order chi connectivity index (χ0) is 14.2. The van der Waals surface area contributed by atoms with Crippen molar-refractivity contribution in [2.24, 2.45) is 0 Å². The van der Waals surface area contributed by atoms with E-state index in [0.29, 0.717) is 6.42 Å². The van der Waals surface area contributed by atoms with Crippen LogP contribution >= 0.6 is 14.5 Å². The van der Waals surface area contributed by atoms with Crippen molar-refractivity contribution in [1.82, 2.24) is 0 Å². The molecule has 10 heteroatoms. The van der Waals surface area contributed by atoms with Gasteiger partial charge < -0.3 is 19.2 Å². The molecule has 0 aliphatic rings. The van der Waals surface area contributed by atoms with E-state index in [9.17, 15) is 9.46 Å².